The second kappa shape index (κ2) is 7.80. The van der Waals surface area contributed by atoms with Crippen LogP contribution in [0, 0.1) is 17.8 Å². The van der Waals surface area contributed by atoms with Crippen molar-refractivity contribution in [1.82, 2.24) is 25.1 Å². The number of methoxy groups -OCH3 is 1. The summed E-state index contributed by atoms with van der Waals surface area (Å²) in [7, 11) is 1.55. The predicted octanol–water partition coefficient (Wildman–Crippen LogP) is 3.59. The number of hydrogen-bond acceptors (Lipinski definition) is 5. The maximum Gasteiger partial charge on any atom is 0.400 e. The number of halogens is 3. The second-order valence-electron chi connectivity index (χ2n) is 8.69. The number of nitrogens with one attached hydrogen (secondary N) is 1. The third kappa shape index (κ3) is 3.99. The number of piperidine rings is 1. The number of pyridine rings is 1. The fourth-order valence-electron chi connectivity index (χ4n) is 4.76. The molecule has 0 radical (unpaired) electrons. The lowest BCUT2D eigenvalue weighted by Gasteiger charge is -2.41. The van der Waals surface area contributed by atoms with E-state index in [0.717, 1.165) is 31.2 Å². The fraction of sp³-hybridized carbons (Fsp3) is 0.619. The van der Waals surface area contributed by atoms with Gasteiger partial charge in [-0.2, -0.15) is 13.2 Å². The summed E-state index contributed by atoms with van der Waals surface area (Å²) in [5, 5.41) is 8.69. The van der Waals surface area contributed by atoms with Crippen molar-refractivity contribution in [3.8, 4) is 17.3 Å². The van der Waals surface area contributed by atoms with Crippen molar-refractivity contribution in [2.45, 2.75) is 44.7 Å². The Morgan fingerprint density at radius 2 is 2.06 bits per heavy atom. The molecule has 0 spiro atoms. The van der Waals surface area contributed by atoms with E-state index in [2.05, 4.69) is 20.2 Å². The number of carbonyl (C=O) groups is 1. The summed E-state index contributed by atoms with van der Waals surface area (Å²) in [4.78, 5) is 21.2. The number of alkyl halides is 3. The summed E-state index contributed by atoms with van der Waals surface area (Å²) < 4.78 is 43.9. The van der Waals surface area contributed by atoms with Gasteiger partial charge in [0, 0.05) is 36.3 Å². The number of nitrogens with zero attached hydrogens (tertiary/aromatic N) is 4. The van der Waals surface area contributed by atoms with Crippen LogP contribution in [0.25, 0.3) is 11.4 Å². The number of carbonyl (C=O) groups excluding carboxylic acids is 1. The van der Waals surface area contributed by atoms with Gasteiger partial charge in [0.2, 0.25) is 11.8 Å². The SMILES string of the molecule is COc1ccc(-c2nnc(C3([C@@H]4CCN(C(=O)[C@H](C)C(F)(F)F)C[C@@H]4C)CC3)[nH]2)cn1. The molecule has 1 saturated heterocycles. The van der Waals surface area contributed by atoms with Crippen LogP contribution in [0.1, 0.15) is 38.9 Å². The Morgan fingerprint density at radius 3 is 2.61 bits per heavy atom. The number of hydrogen-bond donors (Lipinski definition) is 1. The molecule has 1 aliphatic carbocycles. The summed E-state index contributed by atoms with van der Waals surface area (Å²) >= 11 is 0. The summed E-state index contributed by atoms with van der Waals surface area (Å²) in [5.74, 6) is -0.575. The van der Waals surface area contributed by atoms with E-state index in [1.165, 1.54) is 4.90 Å². The number of aromatic nitrogens is 4. The van der Waals surface area contributed by atoms with Gasteiger partial charge in [0.25, 0.3) is 0 Å². The molecule has 10 heteroatoms. The van der Waals surface area contributed by atoms with E-state index in [1.54, 1.807) is 19.4 Å². The highest BCUT2D eigenvalue weighted by atomic mass is 19.4. The first-order chi connectivity index (χ1) is 14.7. The van der Waals surface area contributed by atoms with Crippen LogP contribution in [-0.4, -0.2) is 57.3 Å². The van der Waals surface area contributed by atoms with Crippen molar-refractivity contribution in [2.75, 3.05) is 20.2 Å². The van der Waals surface area contributed by atoms with Crippen molar-refractivity contribution < 1.29 is 22.7 Å². The van der Waals surface area contributed by atoms with Gasteiger partial charge in [0.05, 0.1) is 7.11 Å². The maximum atomic E-state index is 13.0. The highest BCUT2D eigenvalue weighted by Crippen LogP contribution is 2.57. The van der Waals surface area contributed by atoms with Crippen LogP contribution in [0.5, 0.6) is 5.88 Å². The molecule has 3 heterocycles. The minimum absolute atomic E-state index is 0.0665. The van der Waals surface area contributed by atoms with E-state index in [0.29, 0.717) is 31.2 Å². The number of ether oxygens (including phenoxy) is 1. The van der Waals surface area contributed by atoms with Gasteiger partial charge in [0.15, 0.2) is 5.82 Å². The second-order valence-corrected chi connectivity index (χ2v) is 8.69. The zero-order chi connectivity index (χ0) is 22.4. The first-order valence-electron chi connectivity index (χ1n) is 10.4. The first kappa shape index (κ1) is 21.6. The highest BCUT2D eigenvalue weighted by molar-refractivity contribution is 5.79. The molecule has 1 saturated carbocycles. The van der Waals surface area contributed by atoms with Gasteiger partial charge < -0.3 is 14.6 Å². The Hall–Kier alpha value is -2.65. The van der Waals surface area contributed by atoms with Gasteiger partial charge in [-0.05, 0) is 44.1 Å². The Bertz CT molecular complexity index is 939. The lowest BCUT2D eigenvalue weighted by molar-refractivity contribution is -0.187. The average molecular weight is 437 g/mol. The molecular formula is C21H26F3N5O2. The zero-order valence-corrected chi connectivity index (χ0v) is 17.7. The van der Waals surface area contributed by atoms with Crippen molar-refractivity contribution in [1.29, 1.82) is 0 Å². The summed E-state index contributed by atoms with van der Waals surface area (Å²) in [6.07, 6.45) is -0.301. The van der Waals surface area contributed by atoms with Gasteiger partial charge >= 0.3 is 6.18 Å². The molecule has 0 aromatic carbocycles. The molecular weight excluding hydrogens is 411 g/mol. The molecule has 7 nitrogen and oxygen atoms in total. The molecule has 0 unspecified atom stereocenters. The molecule has 168 valence electrons. The first-order valence-corrected chi connectivity index (χ1v) is 10.4. The fourth-order valence-corrected chi connectivity index (χ4v) is 4.76. The van der Waals surface area contributed by atoms with Crippen LogP contribution in [0.15, 0.2) is 18.3 Å². The molecule has 4 rings (SSSR count). The van der Waals surface area contributed by atoms with Crippen LogP contribution in [0.3, 0.4) is 0 Å². The Balaban J connectivity index is 1.47. The van der Waals surface area contributed by atoms with E-state index in [-0.39, 0.29) is 17.3 Å². The molecule has 0 bridgehead atoms. The zero-order valence-electron chi connectivity index (χ0n) is 17.7. The Morgan fingerprint density at radius 1 is 1.32 bits per heavy atom. The van der Waals surface area contributed by atoms with Crippen molar-refractivity contribution in [3.63, 3.8) is 0 Å². The van der Waals surface area contributed by atoms with Crippen LogP contribution in [0.2, 0.25) is 0 Å². The molecule has 2 aromatic rings. The summed E-state index contributed by atoms with van der Waals surface area (Å²) in [5.41, 5.74) is 0.639. The number of H-pyrrole nitrogens is 1. The Kier molecular flexibility index (Phi) is 5.43. The van der Waals surface area contributed by atoms with Gasteiger partial charge in [-0.25, -0.2) is 4.98 Å². The van der Waals surface area contributed by atoms with Gasteiger partial charge in [-0.1, -0.05) is 6.92 Å². The average Bonchev–Trinajstić information content (AvgIpc) is 3.40. The van der Waals surface area contributed by atoms with Gasteiger partial charge in [-0.3, -0.25) is 4.79 Å². The van der Waals surface area contributed by atoms with Crippen LogP contribution in [0.4, 0.5) is 13.2 Å². The normalized spacial score (nSPS) is 24.0. The smallest absolute Gasteiger partial charge is 0.400 e. The molecule has 1 amide bonds. The van der Waals surface area contributed by atoms with Crippen LogP contribution in [-0.2, 0) is 10.2 Å². The number of aromatic amines is 1. The molecule has 1 aliphatic heterocycles. The molecule has 31 heavy (non-hydrogen) atoms. The topological polar surface area (TPSA) is 84.0 Å². The van der Waals surface area contributed by atoms with Crippen LogP contribution < -0.4 is 4.74 Å². The van der Waals surface area contributed by atoms with Gasteiger partial charge in [0.1, 0.15) is 11.7 Å². The maximum absolute atomic E-state index is 13.0. The lowest BCUT2D eigenvalue weighted by Crippen LogP contribution is -2.49. The minimum atomic E-state index is -4.51. The summed E-state index contributed by atoms with van der Waals surface area (Å²) in [6.45, 7) is 3.60. The number of rotatable bonds is 5. The third-order valence-electron chi connectivity index (χ3n) is 6.75. The van der Waals surface area contributed by atoms with Crippen molar-refractivity contribution in [3.05, 3.63) is 24.2 Å². The van der Waals surface area contributed by atoms with E-state index in [1.807, 2.05) is 13.0 Å². The van der Waals surface area contributed by atoms with E-state index >= 15 is 0 Å². The molecule has 2 aromatic heterocycles. The Labute approximate surface area is 178 Å². The van der Waals surface area contributed by atoms with Crippen LogP contribution >= 0.6 is 0 Å². The lowest BCUT2D eigenvalue weighted by atomic mass is 9.74. The van der Waals surface area contributed by atoms with E-state index in [4.69, 9.17) is 4.74 Å². The van der Waals surface area contributed by atoms with Crippen molar-refractivity contribution in [2.24, 2.45) is 17.8 Å². The molecule has 1 N–H and O–H groups in total. The van der Waals surface area contributed by atoms with E-state index in [9.17, 15) is 18.0 Å². The van der Waals surface area contributed by atoms with Crippen molar-refractivity contribution >= 4 is 5.91 Å². The third-order valence-corrected chi connectivity index (χ3v) is 6.75. The molecule has 2 fully saturated rings. The molecule has 2 aliphatic rings. The number of amides is 1. The summed E-state index contributed by atoms with van der Waals surface area (Å²) in [6, 6.07) is 3.60. The van der Waals surface area contributed by atoms with Gasteiger partial charge in [-0.15, -0.1) is 10.2 Å². The number of likely N-dealkylation sites (tertiary alicyclic amines) is 1. The predicted molar refractivity (Wildman–Crippen MR) is 106 cm³/mol. The standard InChI is InChI=1S/C21H26F3N5O2/c1-12-11-29(18(30)13(2)21(22,23)24)9-6-15(12)20(7-8-20)19-26-17(27-28-19)14-4-5-16(31-3)25-10-14/h4-5,10,12-13,15H,6-9,11H2,1-3H3,(H,26,27,28)/t12-,13-,15+/m0/s1. The highest BCUT2D eigenvalue weighted by Gasteiger charge is 2.56. The van der Waals surface area contributed by atoms with E-state index < -0.39 is 18.0 Å². The monoisotopic (exact) mass is 437 g/mol. The molecule has 3 atom stereocenters. The minimum Gasteiger partial charge on any atom is -0.481 e. The largest absolute Gasteiger partial charge is 0.481 e. The quantitative estimate of drug-likeness (QED) is 0.773.